The predicted octanol–water partition coefficient (Wildman–Crippen LogP) is 4.94. The van der Waals surface area contributed by atoms with E-state index in [1.807, 2.05) is 0 Å². The van der Waals surface area contributed by atoms with Crippen LogP contribution in [0.25, 0.3) is 6.08 Å². The Bertz CT molecular complexity index is 952. The first-order valence-corrected chi connectivity index (χ1v) is 14.6. The molecule has 9 heteroatoms. The average molecular weight is 491 g/mol. The minimum absolute atomic E-state index is 0.0344. The molecule has 0 aliphatic carbocycles. The zero-order valence-electron chi connectivity index (χ0n) is 20.5. The molecule has 8 nitrogen and oxygen atoms in total. The smallest absolute Gasteiger partial charge is 0.189 e. The van der Waals surface area contributed by atoms with E-state index in [0.717, 1.165) is 6.04 Å². The lowest BCUT2D eigenvalue weighted by molar-refractivity contribution is 0.0219. The van der Waals surface area contributed by atoms with E-state index in [2.05, 4.69) is 19.6 Å². The van der Waals surface area contributed by atoms with Crippen LogP contribution in [0, 0.1) is 0 Å². The summed E-state index contributed by atoms with van der Waals surface area (Å²) in [6.45, 7) is 7.69. The molecule has 186 valence electrons. The van der Waals surface area contributed by atoms with Crippen LogP contribution in [-0.2, 0) is 14.2 Å². The van der Waals surface area contributed by atoms with Crippen molar-refractivity contribution >= 4 is 19.9 Å². The number of carbonyl (C=O) groups is 1. The summed E-state index contributed by atoms with van der Waals surface area (Å²) in [6, 6.07) is 10.7. The number of phenols is 1. The third-order valence-corrected chi connectivity index (χ3v) is 6.32. The normalized spacial score (nSPS) is 11.6. The van der Waals surface area contributed by atoms with E-state index >= 15 is 0 Å². The van der Waals surface area contributed by atoms with Gasteiger partial charge in [0.25, 0.3) is 0 Å². The molecule has 0 amide bonds. The fraction of sp³-hybridized carbons (Fsp3) is 0.400. The van der Waals surface area contributed by atoms with Crippen LogP contribution in [0.3, 0.4) is 0 Å². The van der Waals surface area contributed by atoms with Gasteiger partial charge in [0.2, 0.25) is 0 Å². The first-order chi connectivity index (χ1) is 16.2. The molecule has 0 aromatic heterocycles. The summed E-state index contributed by atoms with van der Waals surface area (Å²) in [5.41, 5.74) is 0.799. The van der Waals surface area contributed by atoms with Crippen LogP contribution in [0.1, 0.15) is 15.9 Å². The van der Waals surface area contributed by atoms with Gasteiger partial charge in [-0.1, -0.05) is 19.6 Å². The van der Waals surface area contributed by atoms with Gasteiger partial charge in [-0.3, -0.25) is 4.79 Å². The Morgan fingerprint density at radius 3 is 2.24 bits per heavy atom. The van der Waals surface area contributed by atoms with Gasteiger partial charge in [0.1, 0.15) is 23.0 Å². The second kappa shape index (κ2) is 13.8. The second-order valence-electron chi connectivity index (χ2n) is 8.66. The summed E-state index contributed by atoms with van der Waals surface area (Å²) in [5.74, 6) is 0.907. The predicted molar refractivity (Wildman–Crippen MR) is 133 cm³/mol. The van der Waals surface area contributed by atoms with Gasteiger partial charge in [0, 0.05) is 46.6 Å². The third-order valence-electron chi connectivity index (χ3n) is 4.61. The SMILES string of the molecule is COCOc1ccc(/C=C/C(=O)c2ccc(OCOCC[Si](C)(C)C)cc2O)c(OCOC)c1. The van der Waals surface area contributed by atoms with Crippen molar-refractivity contribution in [3.63, 3.8) is 0 Å². The molecule has 0 spiro atoms. The van der Waals surface area contributed by atoms with E-state index in [0.29, 0.717) is 29.4 Å². The van der Waals surface area contributed by atoms with E-state index < -0.39 is 8.07 Å². The highest BCUT2D eigenvalue weighted by Gasteiger charge is 2.13. The maximum Gasteiger partial charge on any atom is 0.189 e. The van der Waals surface area contributed by atoms with Gasteiger partial charge in [-0.15, -0.1) is 0 Å². The standard InChI is InChI=1S/C25H34O8Si/c1-28-16-31-21-8-6-19(25(15-21)33-17-29-2)7-11-23(26)22-10-9-20(14-24(22)27)32-18-30-12-13-34(3,4)5/h6-11,14-15,27H,12-13,16-18H2,1-5H3/b11-7+. The Hall–Kier alpha value is -2.85. The van der Waals surface area contributed by atoms with Crippen LogP contribution in [0.15, 0.2) is 42.5 Å². The van der Waals surface area contributed by atoms with E-state index in [1.54, 1.807) is 30.3 Å². The highest BCUT2D eigenvalue weighted by molar-refractivity contribution is 6.76. The van der Waals surface area contributed by atoms with Crippen molar-refractivity contribution in [2.75, 3.05) is 41.2 Å². The van der Waals surface area contributed by atoms with Crippen LogP contribution in [0.2, 0.25) is 25.7 Å². The van der Waals surface area contributed by atoms with Crippen LogP contribution < -0.4 is 14.2 Å². The topological polar surface area (TPSA) is 92.7 Å². The molecule has 0 atom stereocenters. The Morgan fingerprint density at radius 2 is 1.56 bits per heavy atom. The fourth-order valence-corrected chi connectivity index (χ4v) is 3.49. The molecular weight excluding hydrogens is 456 g/mol. The van der Waals surface area contributed by atoms with Crippen molar-refractivity contribution in [1.82, 2.24) is 0 Å². The Labute approximate surface area is 202 Å². The van der Waals surface area contributed by atoms with Crippen molar-refractivity contribution in [1.29, 1.82) is 0 Å². The number of methoxy groups -OCH3 is 2. The van der Waals surface area contributed by atoms with Crippen LogP contribution in [0.4, 0.5) is 0 Å². The lowest BCUT2D eigenvalue weighted by Crippen LogP contribution is -2.22. The average Bonchev–Trinajstić information content (AvgIpc) is 2.79. The van der Waals surface area contributed by atoms with Crippen LogP contribution in [0.5, 0.6) is 23.0 Å². The number of hydrogen-bond donors (Lipinski definition) is 1. The molecule has 2 aromatic carbocycles. The molecule has 1 N–H and O–H groups in total. The number of rotatable bonds is 15. The molecule has 34 heavy (non-hydrogen) atoms. The van der Waals surface area contributed by atoms with Crippen molar-refractivity contribution < 1.29 is 38.3 Å². The summed E-state index contributed by atoms with van der Waals surface area (Å²) < 4.78 is 31.9. The molecule has 0 unspecified atom stereocenters. The van der Waals surface area contributed by atoms with Crippen molar-refractivity contribution in [2.45, 2.75) is 25.7 Å². The molecule has 0 fully saturated rings. The highest BCUT2D eigenvalue weighted by Crippen LogP contribution is 2.28. The number of ether oxygens (including phenoxy) is 6. The first-order valence-electron chi connectivity index (χ1n) is 10.9. The number of benzene rings is 2. The number of carbonyl (C=O) groups excluding carboxylic acids is 1. The molecule has 0 saturated heterocycles. The first kappa shape index (κ1) is 27.4. The van der Waals surface area contributed by atoms with Crippen molar-refractivity contribution in [2.24, 2.45) is 0 Å². The summed E-state index contributed by atoms with van der Waals surface area (Å²) in [4.78, 5) is 12.7. The molecule has 0 aliphatic heterocycles. The quantitative estimate of drug-likeness (QED) is 0.123. The molecule has 0 radical (unpaired) electrons. The second-order valence-corrected chi connectivity index (χ2v) is 14.3. The van der Waals surface area contributed by atoms with Gasteiger partial charge in [-0.2, -0.15) is 0 Å². The number of aromatic hydroxyl groups is 1. The number of ketones is 1. The lowest BCUT2D eigenvalue weighted by Gasteiger charge is -2.15. The maximum absolute atomic E-state index is 12.7. The maximum atomic E-state index is 12.7. The Kier molecular flexibility index (Phi) is 11.1. The van der Waals surface area contributed by atoms with Crippen molar-refractivity contribution in [3.8, 4) is 23.0 Å². The molecule has 0 bridgehead atoms. The molecule has 2 aromatic rings. The third kappa shape index (κ3) is 9.56. The summed E-state index contributed by atoms with van der Waals surface area (Å²) in [5, 5.41) is 10.3. The zero-order valence-corrected chi connectivity index (χ0v) is 21.5. The summed E-state index contributed by atoms with van der Waals surface area (Å²) in [7, 11) is 1.89. The number of phenolic OH excluding ortho intramolecular Hbond substituents is 1. The van der Waals surface area contributed by atoms with Gasteiger partial charge in [-0.05, 0) is 42.5 Å². The van der Waals surface area contributed by atoms with E-state index in [1.165, 1.54) is 32.4 Å². The Morgan fingerprint density at radius 1 is 0.912 bits per heavy atom. The van der Waals surface area contributed by atoms with Gasteiger partial charge in [0.15, 0.2) is 26.2 Å². The minimum atomic E-state index is -1.16. The van der Waals surface area contributed by atoms with Crippen LogP contribution >= 0.6 is 0 Å². The molecule has 0 heterocycles. The van der Waals surface area contributed by atoms with E-state index in [9.17, 15) is 9.90 Å². The Balaban J connectivity index is 2.02. The minimum Gasteiger partial charge on any atom is -0.507 e. The van der Waals surface area contributed by atoms with Gasteiger partial charge in [0.05, 0.1) is 5.56 Å². The summed E-state index contributed by atoms with van der Waals surface area (Å²) >= 11 is 0. The monoisotopic (exact) mass is 490 g/mol. The van der Waals surface area contributed by atoms with Gasteiger partial charge < -0.3 is 33.5 Å². The fourth-order valence-electron chi connectivity index (χ4n) is 2.73. The molecule has 2 rings (SSSR count). The lowest BCUT2D eigenvalue weighted by atomic mass is 10.1. The highest BCUT2D eigenvalue weighted by atomic mass is 28.3. The molecular formula is C25H34O8Si. The number of hydrogen-bond acceptors (Lipinski definition) is 8. The van der Waals surface area contributed by atoms with Crippen LogP contribution in [-0.4, -0.2) is 60.2 Å². The van der Waals surface area contributed by atoms with E-state index in [-0.39, 0.29) is 37.5 Å². The molecule has 0 aliphatic rings. The van der Waals surface area contributed by atoms with Crippen molar-refractivity contribution in [3.05, 3.63) is 53.6 Å². The largest absolute Gasteiger partial charge is 0.507 e. The summed E-state index contributed by atoms with van der Waals surface area (Å²) in [6.07, 6.45) is 2.96. The molecule has 0 saturated carbocycles. The number of allylic oxidation sites excluding steroid dienone is 1. The van der Waals surface area contributed by atoms with Gasteiger partial charge in [-0.25, -0.2) is 0 Å². The van der Waals surface area contributed by atoms with Gasteiger partial charge >= 0.3 is 0 Å². The van der Waals surface area contributed by atoms with E-state index in [4.69, 9.17) is 28.4 Å². The zero-order chi connectivity index (χ0) is 25.0.